The van der Waals surface area contributed by atoms with Crippen molar-refractivity contribution in [3.63, 3.8) is 0 Å². The molecule has 2 aromatic carbocycles. The van der Waals surface area contributed by atoms with Crippen molar-refractivity contribution >= 4 is 35.2 Å². The summed E-state index contributed by atoms with van der Waals surface area (Å²) in [5, 5.41) is 12.3. The molecule has 0 heterocycles. The number of ether oxygens (including phenoxy) is 1. The second-order valence-electron chi connectivity index (χ2n) is 4.75. The van der Waals surface area contributed by atoms with Gasteiger partial charge in [-0.2, -0.15) is 5.26 Å². The van der Waals surface area contributed by atoms with Crippen molar-refractivity contribution in [3.05, 3.63) is 70.3 Å². The number of carbonyl (C=O) groups excluding carboxylic acids is 2. The van der Waals surface area contributed by atoms with Crippen molar-refractivity contribution in [1.29, 1.82) is 5.26 Å². The average molecular weight is 341 g/mol. The summed E-state index contributed by atoms with van der Waals surface area (Å²) in [7, 11) is 1.30. The van der Waals surface area contributed by atoms with Crippen molar-refractivity contribution < 1.29 is 14.3 Å². The second kappa shape index (κ2) is 7.95. The lowest BCUT2D eigenvalue weighted by molar-refractivity contribution is -0.112. The van der Waals surface area contributed by atoms with Crippen molar-refractivity contribution in [2.24, 2.45) is 0 Å². The molecule has 6 heteroatoms. The molecular formula is C18H13ClN2O3. The number of carbonyl (C=O) groups is 2. The largest absolute Gasteiger partial charge is 0.465 e. The van der Waals surface area contributed by atoms with Crippen molar-refractivity contribution in [3.8, 4) is 6.07 Å². The van der Waals surface area contributed by atoms with E-state index in [0.29, 0.717) is 21.8 Å². The van der Waals surface area contributed by atoms with E-state index in [1.54, 1.807) is 48.5 Å². The highest BCUT2D eigenvalue weighted by atomic mass is 35.5. The highest BCUT2D eigenvalue weighted by Gasteiger charge is 2.10. The van der Waals surface area contributed by atoms with Gasteiger partial charge in [-0.25, -0.2) is 4.79 Å². The Hall–Kier alpha value is -3.10. The Bertz CT molecular complexity index is 836. The third-order valence-corrected chi connectivity index (χ3v) is 3.33. The van der Waals surface area contributed by atoms with Gasteiger partial charge in [0.25, 0.3) is 5.91 Å². The van der Waals surface area contributed by atoms with Crippen LogP contribution in [0.3, 0.4) is 0 Å². The van der Waals surface area contributed by atoms with Gasteiger partial charge in [-0.05, 0) is 42.0 Å². The van der Waals surface area contributed by atoms with Crippen LogP contribution in [-0.2, 0) is 9.53 Å². The molecule has 0 saturated carbocycles. The van der Waals surface area contributed by atoms with Gasteiger partial charge >= 0.3 is 5.97 Å². The summed E-state index contributed by atoms with van der Waals surface area (Å²) in [6, 6.07) is 14.8. The fourth-order valence-corrected chi connectivity index (χ4v) is 2.10. The zero-order chi connectivity index (χ0) is 17.5. The van der Waals surface area contributed by atoms with E-state index in [1.807, 2.05) is 6.07 Å². The molecule has 0 aliphatic rings. The fraction of sp³-hybridized carbons (Fsp3) is 0.0556. The number of nitrogens with one attached hydrogen (secondary N) is 1. The molecule has 5 nitrogen and oxygen atoms in total. The molecule has 0 radical (unpaired) electrons. The van der Waals surface area contributed by atoms with Crippen LogP contribution in [0.4, 0.5) is 5.69 Å². The monoisotopic (exact) mass is 340 g/mol. The maximum Gasteiger partial charge on any atom is 0.337 e. The Kier molecular flexibility index (Phi) is 5.72. The van der Waals surface area contributed by atoms with Gasteiger partial charge in [0.05, 0.1) is 12.7 Å². The van der Waals surface area contributed by atoms with Gasteiger partial charge in [-0.15, -0.1) is 0 Å². The molecule has 0 aliphatic heterocycles. The molecule has 0 fully saturated rings. The number of amides is 1. The summed E-state index contributed by atoms with van der Waals surface area (Å²) in [6.07, 6.45) is 1.43. The Morgan fingerprint density at radius 3 is 2.50 bits per heavy atom. The molecule has 0 atom stereocenters. The summed E-state index contributed by atoms with van der Waals surface area (Å²) in [5.41, 5.74) is 1.42. The van der Waals surface area contributed by atoms with E-state index in [1.165, 1.54) is 13.2 Å². The molecule has 0 bridgehead atoms. The summed E-state index contributed by atoms with van der Waals surface area (Å²) in [4.78, 5) is 23.5. The minimum absolute atomic E-state index is 0.0687. The Balaban J connectivity index is 2.18. The molecular weight excluding hydrogens is 328 g/mol. The lowest BCUT2D eigenvalue weighted by Crippen LogP contribution is -2.13. The molecule has 0 aliphatic carbocycles. The van der Waals surface area contributed by atoms with E-state index in [-0.39, 0.29) is 5.57 Å². The van der Waals surface area contributed by atoms with Gasteiger partial charge in [0.2, 0.25) is 0 Å². The lowest BCUT2D eigenvalue weighted by atomic mass is 10.1. The summed E-state index contributed by atoms with van der Waals surface area (Å²) >= 11 is 5.86. The lowest BCUT2D eigenvalue weighted by Gasteiger charge is -2.05. The molecule has 2 aromatic rings. The zero-order valence-electron chi connectivity index (χ0n) is 12.7. The van der Waals surface area contributed by atoms with E-state index in [2.05, 4.69) is 10.1 Å². The Morgan fingerprint density at radius 2 is 1.92 bits per heavy atom. The summed E-state index contributed by atoms with van der Waals surface area (Å²) in [5.74, 6) is -0.999. The molecule has 120 valence electrons. The number of hydrogen-bond acceptors (Lipinski definition) is 4. The van der Waals surface area contributed by atoms with Crippen LogP contribution in [0.15, 0.2) is 54.1 Å². The number of nitriles is 1. The first-order valence-corrected chi connectivity index (χ1v) is 7.28. The average Bonchev–Trinajstić information content (AvgIpc) is 2.59. The van der Waals surface area contributed by atoms with Crippen LogP contribution in [0.2, 0.25) is 5.02 Å². The molecule has 0 unspecified atom stereocenters. The predicted octanol–water partition coefficient (Wildman–Crippen LogP) is 3.67. The third-order valence-electron chi connectivity index (χ3n) is 3.09. The van der Waals surface area contributed by atoms with Crippen molar-refractivity contribution in [2.45, 2.75) is 0 Å². The molecule has 1 N–H and O–H groups in total. The van der Waals surface area contributed by atoms with Gasteiger partial charge in [0.15, 0.2) is 0 Å². The number of anilines is 1. The van der Waals surface area contributed by atoms with Crippen molar-refractivity contribution in [1.82, 2.24) is 0 Å². The second-order valence-corrected chi connectivity index (χ2v) is 5.18. The predicted molar refractivity (Wildman–Crippen MR) is 91.5 cm³/mol. The smallest absolute Gasteiger partial charge is 0.337 e. The van der Waals surface area contributed by atoms with Crippen LogP contribution in [-0.4, -0.2) is 19.0 Å². The number of nitrogens with zero attached hydrogens (tertiary/aromatic N) is 1. The number of benzene rings is 2. The van der Waals surface area contributed by atoms with Crippen LogP contribution >= 0.6 is 11.6 Å². The minimum atomic E-state index is -0.545. The van der Waals surface area contributed by atoms with Crippen LogP contribution in [0.25, 0.3) is 6.08 Å². The maximum absolute atomic E-state index is 12.2. The SMILES string of the molecule is COC(=O)c1ccc(/C=C(\C#N)C(=O)Nc2cccc(Cl)c2)cc1. The van der Waals surface area contributed by atoms with E-state index < -0.39 is 11.9 Å². The Labute approximate surface area is 144 Å². The van der Waals surface area contributed by atoms with Crippen LogP contribution in [0.1, 0.15) is 15.9 Å². The van der Waals surface area contributed by atoms with E-state index >= 15 is 0 Å². The highest BCUT2D eigenvalue weighted by molar-refractivity contribution is 6.31. The number of halogens is 1. The quantitative estimate of drug-likeness (QED) is 0.523. The van der Waals surface area contributed by atoms with Crippen LogP contribution in [0.5, 0.6) is 0 Å². The van der Waals surface area contributed by atoms with E-state index in [9.17, 15) is 14.9 Å². The van der Waals surface area contributed by atoms with Gasteiger partial charge < -0.3 is 10.1 Å². The number of rotatable bonds is 4. The normalized spacial score (nSPS) is 10.6. The van der Waals surface area contributed by atoms with Gasteiger partial charge in [-0.1, -0.05) is 29.8 Å². The third kappa shape index (κ3) is 4.45. The molecule has 0 aromatic heterocycles. The van der Waals surface area contributed by atoms with Crippen LogP contribution in [0, 0.1) is 11.3 Å². The van der Waals surface area contributed by atoms with Gasteiger partial charge in [-0.3, -0.25) is 4.79 Å². The maximum atomic E-state index is 12.2. The molecule has 0 spiro atoms. The highest BCUT2D eigenvalue weighted by Crippen LogP contribution is 2.16. The zero-order valence-corrected chi connectivity index (χ0v) is 13.5. The number of methoxy groups -OCH3 is 1. The minimum Gasteiger partial charge on any atom is -0.465 e. The first-order valence-electron chi connectivity index (χ1n) is 6.90. The molecule has 1 amide bonds. The molecule has 24 heavy (non-hydrogen) atoms. The topological polar surface area (TPSA) is 79.2 Å². The summed E-state index contributed by atoms with van der Waals surface area (Å²) in [6.45, 7) is 0. The molecule has 0 saturated heterocycles. The van der Waals surface area contributed by atoms with Gasteiger partial charge in [0.1, 0.15) is 11.6 Å². The first-order chi connectivity index (χ1) is 11.5. The van der Waals surface area contributed by atoms with Crippen molar-refractivity contribution in [2.75, 3.05) is 12.4 Å². The Morgan fingerprint density at radius 1 is 1.21 bits per heavy atom. The number of hydrogen-bond donors (Lipinski definition) is 1. The van der Waals surface area contributed by atoms with E-state index in [0.717, 1.165) is 0 Å². The van der Waals surface area contributed by atoms with E-state index in [4.69, 9.17) is 11.6 Å². The fourth-order valence-electron chi connectivity index (χ4n) is 1.91. The van der Waals surface area contributed by atoms with Crippen LogP contribution < -0.4 is 5.32 Å². The molecule has 2 rings (SSSR count). The first kappa shape index (κ1) is 17.3. The standard InChI is InChI=1S/C18H13ClN2O3/c1-24-18(23)13-7-5-12(6-8-13)9-14(11-20)17(22)21-16-4-2-3-15(19)10-16/h2-10H,1H3,(H,21,22)/b14-9+. The van der Waals surface area contributed by atoms with Gasteiger partial charge in [0, 0.05) is 10.7 Å². The number of esters is 1. The summed E-state index contributed by atoms with van der Waals surface area (Å²) < 4.78 is 4.61.